The lowest BCUT2D eigenvalue weighted by Gasteiger charge is -2.41. The SMILES string of the molecule is COCCN1C(=O)c2ccccc2[C@H](C(=O)NCc2ccco2)[C@H]1c1ccc(F)cc1. The number of hydrogen-bond donors (Lipinski definition) is 1. The number of ether oxygens (including phenoxy) is 1. The Labute approximate surface area is 179 Å². The molecule has 0 fully saturated rings. The van der Waals surface area contributed by atoms with Gasteiger partial charge >= 0.3 is 0 Å². The Balaban J connectivity index is 1.77. The summed E-state index contributed by atoms with van der Waals surface area (Å²) in [6.45, 7) is 0.840. The number of nitrogens with one attached hydrogen (secondary N) is 1. The molecule has 1 N–H and O–H groups in total. The average Bonchev–Trinajstić information content (AvgIpc) is 3.31. The highest BCUT2D eigenvalue weighted by Gasteiger charge is 2.43. The fraction of sp³-hybridized carbons (Fsp3) is 0.250. The van der Waals surface area contributed by atoms with Gasteiger partial charge in [0.25, 0.3) is 5.91 Å². The number of methoxy groups -OCH3 is 1. The van der Waals surface area contributed by atoms with Gasteiger partial charge in [-0.2, -0.15) is 0 Å². The van der Waals surface area contributed by atoms with Crippen LogP contribution >= 0.6 is 0 Å². The second kappa shape index (κ2) is 9.14. The van der Waals surface area contributed by atoms with Gasteiger partial charge in [0.1, 0.15) is 11.6 Å². The lowest BCUT2D eigenvalue weighted by molar-refractivity contribution is -0.124. The first-order chi connectivity index (χ1) is 15.1. The molecule has 0 radical (unpaired) electrons. The first-order valence-electron chi connectivity index (χ1n) is 10.0. The Morgan fingerprint density at radius 2 is 1.90 bits per heavy atom. The van der Waals surface area contributed by atoms with Crippen molar-refractivity contribution in [1.82, 2.24) is 10.2 Å². The summed E-state index contributed by atoms with van der Waals surface area (Å²) in [7, 11) is 1.56. The first kappa shape index (κ1) is 20.8. The molecule has 160 valence electrons. The van der Waals surface area contributed by atoms with E-state index in [1.807, 2.05) is 6.07 Å². The third kappa shape index (κ3) is 4.22. The quantitative estimate of drug-likeness (QED) is 0.631. The zero-order valence-corrected chi connectivity index (χ0v) is 17.1. The Bertz CT molecular complexity index is 1050. The van der Waals surface area contributed by atoms with Crippen molar-refractivity contribution in [1.29, 1.82) is 0 Å². The standard InChI is InChI=1S/C24H23FN2O4/c1-30-14-12-27-22(16-8-10-17(25)11-9-16)21(19-6-2-3-7-20(19)24(27)29)23(28)26-15-18-5-4-13-31-18/h2-11,13,21-22H,12,14-15H2,1H3,(H,26,28)/t21-,22+/m0/s1. The van der Waals surface area contributed by atoms with Gasteiger partial charge in [0.05, 0.1) is 31.4 Å². The molecule has 2 heterocycles. The zero-order chi connectivity index (χ0) is 21.8. The van der Waals surface area contributed by atoms with Crippen molar-refractivity contribution >= 4 is 11.8 Å². The second-order valence-electron chi connectivity index (χ2n) is 7.35. The van der Waals surface area contributed by atoms with E-state index in [0.717, 1.165) is 0 Å². The van der Waals surface area contributed by atoms with Crippen molar-refractivity contribution in [2.75, 3.05) is 20.3 Å². The Morgan fingerprint density at radius 1 is 1.13 bits per heavy atom. The molecule has 0 bridgehead atoms. The van der Waals surface area contributed by atoms with Gasteiger partial charge in [-0.1, -0.05) is 30.3 Å². The molecule has 2 atom stereocenters. The number of rotatable bonds is 7. The molecule has 0 unspecified atom stereocenters. The summed E-state index contributed by atoms with van der Waals surface area (Å²) < 4.78 is 24.1. The molecule has 4 rings (SSSR count). The number of carbonyl (C=O) groups is 2. The molecular formula is C24H23FN2O4. The van der Waals surface area contributed by atoms with Crippen molar-refractivity contribution in [3.05, 3.63) is 95.2 Å². The maximum atomic E-state index is 13.6. The summed E-state index contributed by atoms with van der Waals surface area (Å²) in [6, 6.07) is 16.0. The van der Waals surface area contributed by atoms with E-state index in [-0.39, 0.29) is 24.2 Å². The fourth-order valence-corrected chi connectivity index (χ4v) is 4.04. The molecule has 7 heteroatoms. The molecular weight excluding hydrogens is 399 g/mol. The van der Waals surface area contributed by atoms with Crippen LogP contribution in [0.5, 0.6) is 0 Å². The second-order valence-corrected chi connectivity index (χ2v) is 7.35. The number of amides is 2. The summed E-state index contributed by atoms with van der Waals surface area (Å²) in [6.07, 6.45) is 1.55. The van der Waals surface area contributed by atoms with Crippen LogP contribution in [0.3, 0.4) is 0 Å². The molecule has 31 heavy (non-hydrogen) atoms. The molecule has 0 spiro atoms. The van der Waals surface area contributed by atoms with E-state index in [0.29, 0.717) is 35.6 Å². The summed E-state index contributed by atoms with van der Waals surface area (Å²) in [5.41, 5.74) is 1.81. The van der Waals surface area contributed by atoms with E-state index in [1.165, 1.54) is 12.1 Å². The van der Waals surface area contributed by atoms with Gasteiger partial charge in [0.15, 0.2) is 0 Å². The lowest BCUT2D eigenvalue weighted by Crippen LogP contribution is -2.48. The van der Waals surface area contributed by atoms with E-state index in [9.17, 15) is 14.0 Å². The summed E-state index contributed by atoms with van der Waals surface area (Å²) in [5, 5.41) is 2.92. The normalized spacial score (nSPS) is 18.0. The van der Waals surface area contributed by atoms with E-state index >= 15 is 0 Å². The monoisotopic (exact) mass is 422 g/mol. The van der Waals surface area contributed by atoms with Crippen LogP contribution in [0.4, 0.5) is 4.39 Å². The van der Waals surface area contributed by atoms with Gasteiger partial charge in [-0.05, 0) is 41.5 Å². The number of halogens is 1. The molecule has 0 aliphatic carbocycles. The van der Waals surface area contributed by atoms with Crippen molar-refractivity contribution < 1.29 is 23.1 Å². The number of nitrogens with zero attached hydrogens (tertiary/aromatic N) is 1. The van der Waals surface area contributed by atoms with Gasteiger partial charge in [-0.25, -0.2) is 4.39 Å². The summed E-state index contributed by atoms with van der Waals surface area (Å²) in [5.74, 6) is -0.854. The van der Waals surface area contributed by atoms with E-state index in [4.69, 9.17) is 9.15 Å². The molecule has 0 saturated carbocycles. The molecule has 1 aliphatic heterocycles. The molecule has 0 saturated heterocycles. The van der Waals surface area contributed by atoms with Crippen molar-refractivity contribution in [3.63, 3.8) is 0 Å². The number of furan rings is 1. The van der Waals surface area contributed by atoms with Crippen molar-refractivity contribution in [3.8, 4) is 0 Å². The molecule has 2 aromatic carbocycles. The summed E-state index contributed by atoms with van der Waals surface area (Å²) in [4.78, 5) is 28.4. The van der Waals surface area contributed by atoms with Gasteiger partial charge in [-0.15, -0.1) is 0 Å². The number of fused-ring (bicyclic) bond motifs is 1. The largest absolute Gasteiger partial charge is 0.467 e. The topological polar surface area (TPSA) is 71.8 Å². The van der Waals surface area contributed by atoms with Gasteiger partial charge < -0.3 is 19.4 Å². The third-order valence-corrected chi connectivity index (χ3v) is 5.49. The first-order valence-corrected chi connectivity index (χ1v) is 10.0. The number of hydrogen-bond acceptors (Lipinski definition) is 4. The fourth-order valence-electron chi connectivity index (χ4n) is 4.04. The van der Waals surface area contributed by atoms with Crippen LogP contribution in [0, 0.1) is 5.82 Å². The highest BCUT2D eigenvalue weighted by Crippen LogP contribution is 2.42. The van der Waals surface area contributed by atoms with Crippen molar-refractivity contribution in [2.24, 2.45) is 0 Å². The van der Waals surface area contributed by atoms with Gasteiger partial charge in [-0.3, -0.25) is 9.59 Å². The molecule has 3 aromatic rings. The molecule has 6 nitrogen and oxygen atoms in total. The highest BCUT2D eigenvalue weighted by molar-refractivity contribution is 6.01. The van der Waals surface area contributed by atoms with Crippen LogP contribution in [0.15, 0.2) is 71.3 Å². The van der Waals surface area contributed by atoms with Crippen molar-refractivity contribution in [2.45, 2.75) is 18.5 Å². The highest BCUT2D eigenvalue weighted by atomic mass is 19.1. The third-order valence-electron chi connectivity index (χ3n) is 5.49. The van der Waals surface area contributed by atoms with Crippen LogP contribution in [0.25, 0.3) is 0 Å². The van der Waals surface area contributed by atoms with Crippen LogP contribution in [0.1, 0.15) is 39.2 Å². The van der Waals surface area contributed by atoms with Gasteiger partial charge in [0, 0.05) is 19.2 Å². The maximum absolute atomic E-state index is 13.6. The van der Waals surface area contributed by atoms with E-state index in [2.05, 4.69) is 5.32 Å². The molecule has 2 amide bonds. The predicted molar refractivity (Wildman–Crippen MR) is 112 cm³/mol. The molecule has 1 aliphatic rings. The van der Waals surface area contributed by atoms with E-state index in [1.54, 1.807) is 60.7 Å². The smallest absolute Gasteiger partial charge is 0.254 e. The number of carbonyl (C=O) groups excluding carboxylic acids is 2. The van der Waals surface area contributed by atoms with Crippen LogP contribution < -0.4 is 5.32 Å². The Morgan fingerprint density at radius 3 is 2.61 bits per heavy atom. The predicted octanol–water partition coefficient (Wildman–Crippen LogP) is 3.66. The Kier molecular flexibility index (Phi) is 6.13. The van der Waals surface area contributed by atoms with Crippen LogP contribution in [-0.2, 0) is 16.1 Å². The number of benzene rings is 2. The average molecular weight is 422 g/mol. The zero-order valence-electron chi connectivity index (χ0n) is 17.1. The minimum Gasteiger partial charge on any atom is -0.467 e. The van der Waals surface area contributed by atoms with Crippen LogP contribution in [0.2, 0.25) is 0 Å². The minimum atomic E-state index is -0.675. The van der Waals surface area contributed by atoms with Gasteiger partial charge in [0.2, 0.25) is 5.91 Å². The van der Waals surface area contributed by atoms with Crippen LogP contribution in [-0.4, -0.2) is 37.0 Å². The summed E-state index contributed by atoms with van der Waals surface area (Å²) >= 11 is 0. The Hall–Kier alpha value is -3.45. The maximum Gasteiger partial charge on any atom is 0.254 e. The minimum absolute atomic E-state index is 0.183. The lowest BCUT2D eigenvalue weighted by atomic mass is 9.79. The van der Waals surface area contributed by atoms with E-state index < -0.39 is 12.0 Å². The molecule has 1 aromatic heterocycles.